The maximum atomic E-state index is 11.1. The molecular formula is C24H27NO4S. The van der Waals surface area contributed by atoms with Crippen LogP contribution in [-0.2, 0) is 27.5 Å². The van der Waals surface area contributed by atoms with Gasteiger partial charge in [-0.05, 0) is 41.0 Å². The lowest BCUT2D eigenvalue weighted by Gasteiger charge is -2.13. The molecule has 1 N–H and O–H groups in total. The molecule has 0 radical (unpaired) electrons. The minimum atomic E-state index is -3.42. The molecule has 0 spiro atoms. The number of anilines is 1. The molecule has 0 saturated heterocycles. The van der Waals surface area contributed by atoms with Gasteiger partial charge in [0.1, 0.15) is 12.4 Å². The van der Waals surface area contributed by atoms with Gasteiger partial charge in [-0.15, -0.1) is 0 Å². The molecule has 0 amide bonds. The zero-order chi connectivity index (χ0) is 21.4. The predicted molar refractivity (Wildman–Crippen MR) is 120 cm³/mol. The van der Waals surface area contributed by atoms with Gasteiger partial charge in [-0.2, -0.15) is 8.42 Å². The number of ether oxygens (including phenoxy) is 1. The van der Waals surface area contributed by atoms with Gasteiger partial charge in [-0.3, -0.25) is 4.18 Å². The Morgan fingerprint density at radius 3 is 2.17 bits per heavy atom. The second-order valence-electron chi connectivity index (χ2n) is 7.28. The molecule has 5 nitrogen and oxygen atoms in total. The summed E-state index contributed by atoms with van der Waals surface area (Å²) >= 11 is 0. The number of hydrogen-bond donors (Lipinski definition) is 1. The first-order valence-corrected chi connectivity index (χ1v) is 11.6. The van der Waals surface area contributed by atoms with Crippen LogP contribution in [-0.4, -0.2) is 21.3 Å². The van der Waals surface area contributed by atoms with Gasteiger partial charge in [0, 0.05) is 18.2 Å². The van der Waals surface area contributed by atoms with Crippen LogP contribution >= 0.6 is 0 Å². The Morgan fingerprint density at radius 2 is 1.53 bits per heavy atom. The van der Waals surface area contributed by atoms with Crippen LogP contribution in [0.4, 0.5) is 5.69 Å². The third kappa shape index (κ3) is 7.21. The highest BCUT2D eigenvalue weighted by atomic mass is 32.2. The quantitative estimate of drug-likeness (QED) is 0.465. The fourth-order valence-electron chi connectivity index (χ4n) is 2.90. The first-order valence-electron chi connectivity index (χ1n) is 9.83. The van der Waals surface area contributed by atoms with Crippen LogP contribution in [0.15, 0.2) is 78.9 Å². The van der Waals surface area contributed by atoms with E-state index < -0.39 is 10.1 Å². The lowest BCUT2D eigenvalue weighted by Crippen LogP contribution is -2.10. The van der Waals surface area contributed by atoms with E-state index in [-0.39, 0.29) is 12.5 Å². The van der Waals surface area contributed by atoms with Crippen molar-refractivity contribution in [1.29, 1.82) is 0 Å². The third-order valence-electron chi connectivity index (χ3n) is 4.68. The monoisotopic (exact) mass is 425 g/mol. The Bertz CT molecular complexity index is 1020. The third-order valence-corrected chi connectivity index (χ3v) is 5.24. The van der Waals surface area contributed by atoms with E-state index in [1.54, 1.807) is 0 Å². The molecule has 6 heteroatoms. The van der Waals surface area contributed by atoms with Gasteiger partial charge >= 0.3 is 0 Å². The molecule has 0 aliphatic carbocycles. The molecule has 3 aromatic carbocycles. The highest BCUT2D eigenvalue weighted by Gasteiger charge is 2.10. The molecule has 1 unspecified atom stereocenters. The van der Waals surface area contributed by atoms with E-state index >= 15 is 0 Å². The zero-order valence-electron chi connectivity index (χ0n) is 17.2. The molecule has 0 bridgehead atoms. The summed E-state index contributed by atoms with van der Waals surface area (Å²) in [7, 11) is -3.42. The summed E-state index contributed by atoms with van der Waals surface area (Å²) in [6.07, 6.45) is 1.06. The van der Waals surface area contributed by atoms with Crippen molar-refractivity contribution in [2.75, 3.05) is 18.2 Å². The number of hydrogen-bond acceptors (Lipinski definition) is 5. The smallest absolute Gasteiger partial charge is 0.264 e. The Balaban J connectivity index is 1.47. The Hall–Kier alpha value is -2.83. The van der Waals surface area contributed by atoms with E-state index in [0.29, 0.717) is 13.2 Å². The van der Waals surface area contributed by atoms with E-state index in [4.69, 9.17) is 8.92 Å². The number of nitrogens with one attached hydrogen (secondary N) is 1. The standard InChI is InChI=1S/C24H27NO4S/c1-19(17-29-30(2,26)27)22-10-12-23(13-11-22)25-16-20-8-14-24(15-9-20)28-18-21-6-4-3-5-7-21/h3-15,19,25H,16-18H2,1-2H3. The molecule has 0 aliphatic rings. The fraction of sp³-hybridized carbons (Fsp3) is 0.250. The molecule has 3 rings (SSSR count). The average molecular weight is 426 g/mol. The molecular weight excluding hydrogens is 398 g/mol. The molecule has 0 fully saturated rings. The maximum Gasteiger partial charge on any atom is 0.264 e. The Kier molecular flexibility index (Phi) is 7.49. The first kappa shape index (κ1) is 21.9. The van der Waals surface area contributed by atoms with E-state index in [0.717, 1.165) is 34.4 Å². The molecule has 158 valence electrons. The van der Waals surface area contributed by atoms with Gasteiger partial charge in [0.15, 0.2) is 0 Å². The van der Waals surface area contributed by atoms with E-state index in [2.05, 4.69) is 5.32 Å². The van der Waals surface area contributed by atoms with Gasteiger partial charge < -0.3 is 10.1 Å². The van der Waals surface area contributed by atoms with Crippen LogP contribution in [0.2, 0.25) is 0 Å². The summed E-state index contributed by atoms with van der Waals surface area (Å²) in [6.45, 7) is 3.34. The van der Waals surface area contributed by atoms with Crippen LogP contribution in [0.5, 0.6) is 5.75 Å². The maximum absolute atomic E-state index is 11.1. The molecule has 0 aromatic heterocycles. The minimum absolute atomic E-state index is 0.00259. The summed E-state index contributed by atoms with van der Waals surface area (Å²) in [4.78, 5) is 0. The summed E-state index contributed by atoms with van der Waals surface area (Å²) in [6, 6.07) is 26.1. The summed E-state index contributed by atoms with van der Waals surface area (Å²) < 4.78 is 32.9. The second kappa shape index (κ2) is 10.3. The molecule has 0 aliphatic heterocycles. The van der Waals surface area contributed by atoms with Gasteiger partial charge in [0.25, 0.3) is 10.1 Å². The molecule has 1 atom stereocenters. The highest BCUT2D eigenvalue weighted by molar-refractivity contribution is 7.85. The van der Waals surface area contributed by atoms with E-state index in [1.165, 1.54) is 0 Å². The van der Waals surface area contributed by atoms with Crippen molar-refractivity contribution in [2.45, 2.75) is 26.0 Å². The lowest BCUT2D eigenvalue weighted by molar-refractivity contribution is 0.301. The Morgan fingerprint density at radius 1 is 0.867 bits per heavy atom. The van der Waals surface area contributed by atoms with E-state index in [9.17, 15) is 8.42 Å². The van der Waals surface area contributed by atoms with Crippen molar-refractivity contribution >= 4 is 15.8 Å². The largest absolute Gasteiger partial charge is 0.489 e. The lowest BCUT2D eigenvalue weighted by atomic mass is 10.0. The molecule has 30 heavy (non-hydrogen) atoms. The van der Waals surface area contributed by atoms with Gasteiger partial charge in [-0.25, -0.2) is 0 Å². The highest BCUT2D eigenvalue weighted by Crippen LogP contribution is 2.20. The van der Waals surface area contributed by atoms with Gasteiger partial charge in [0.05, 0.1) is 12.9 Å². The number of rotatable bonds is 10. The van der Waals surface area contributed by atoms with Crippen molar-refractivity contribution < 1.29 is 17.3 Å². The SMILES string of the molecule is CC(COS(C)(=O)=O)c1ccc(NCc2ccc(OCc3ccccc3)cc2)cc1. The molecule has 0 saturated carbocycles. The molecule has 0 heterocycles. The van der Waals surface area contributed by atoms with Crippen LogP contribution < -0.4 is 10.1 Å². The first-order chi connectivity index (χ1) is 14.4. The normalized spacial score (nSPS) is 12.3. The van der Waals surface area contributed by atoms with Crippen LogP contribution in [0.25, 0.3) is 0 Å². The second-order valence-corrected chi connectivity index (χ2v) is 8.93. The van der Waals surface area contributed by atoms with Crippen molar-refractivity contribution in [2.24, 2.45) is 0 Å². The van der Waals surface area contributed by atoms with Crippen LogP contribution in [0, 0.1) is 0 Å². The average Bonchev–Trinajstić information content (AvgIpc) is 2.76. The predicted octanol–water partition coefficient (Wildman–Crippen LogP) is 4.96. The Labute approximate surface area is 178 Å². The van der Waals surface area contributed by atoms with Crippen molar-refractivity contribution in [3.63, 3.8) is 0 Å². The zero-order valence-corrected chi connectivity index (χ0v) is 18.1. The van der Waals surface area contributed by atoms with Gasteiger partial charge in [0.2, 0.25) is 0 Å². The fourth-order valence-corrected chi connectivity index (χ4v) is 3.35. The topological polar surface area (TPSA) is 64.6 Å². The minimum Gasteiger partial charge on any atom is -0.489 e. The van der Waals surface area contributed by atoms with Crippen LogP contribution in [0.1, 0.15) is 29.5 Å². The van der Waals surface area contributed by atoms with Crippen molar-refractivity contribution in [3.8, 4) is 5.75 Å². The van der Waals surface area contributed by atoms with Crippen molar-refractivity contribution in [1.82, 2.24) is 0 Å². The van der Waals surface area contributed by atoms with E-state index in [1.807, 2.05) is 85.8 Å². The summed E-state index contributed by atoms with van der Waals surface area (Å²) in [5.41, 5.74) is 4.33. The number of benzene rings is 3. The molecule has 3 aromatic rings. The van der Waals surface area contributed by atoms with Gasteiger partial charge in [-0.1, -0.05) is 61.5 Å². The summed E-state index contributed by atoms with van der Waals surface area (Å²) in [5, 5.41) is 3.39. The van der Waals surface area contributed by atoms with Crippen molar-refractivity contribution in [3.05, 3.63) is 95.6 Å². The summed E-state index contributed by atoms with van der Waals surface area (Å²) in [5.74, 6) is 0.842. The van der Waals surface area contributed by atoms with Crippen LogP contribution in [0.3, 0.4) is 0 Å².